The highest BCUT2D eigenvalue weighted by molar-refractivity contribution is 5.95. The van der Waals surface area contributed by atoms with Crippen molar-refractivity contribution in [1.29, 1.82) is 0 Å². The average Bonchev–Trinajstić information content (AvgIpc) is 3.23. The number of rotatable bonds is 12. The number of hydrogen-bond acceptors (Lipinski definition) is 7. The third-order valence-corrected chi connectivity index (χ3v) is 5.84. The maximum Gasteiger partial charge on any atom is 0.413 e. The number of urea groups is 1. The summed E-state index contributed by atoms with van der Waals surface area (Å²) < 4.78 is 11.2. The largest absolute Gasteiger partial charge is 0.494 e. The molecule has 0 bridgehead atoms. The molecule has 1 aliphatic rings. The zero-order chi connectivity index (χ0) is 27.5. The summed E-state index contributed by atoms with van der Waals surface area (Å²) in [5, 5.41) is 6.49. The molecular weight excluding hydrogens is 486 g/mol. The van der Waals surface area contributed by atoms with Crippen molar-refractivity contribution in [3.63, 3.8) is 0 Å². The van der Waals surface area contributed by atoms with Crippen LogP contribution >= 0.6 is 0 Å². The van der Waals surface area contributed by atoms with Gasteiger partial charge in [0.25, 0.3) is 0 Å². The maximum absolute atomic E-state index is 13.0. The third-order valence-electron chi connectivity index (χ3n) is 5.84. The van der Waals surface area contributed by atoms with E-state index in [4.69, 9.17) is 14.3 Å². The molecule has 10 heteroatoms. The van der Waals surface area contributed by atoms with E-state index in [0.29, 0.717) is 50.3 Å². The summed E-state index contributed by atoms with van der Waals surface area (Å²) in [5.74, 6) is 1.55. The molecule has 1 N–H and O–H groups in total. The van der Waals surface area contributed by atoms with Crippen molar-refractivity contribution in [3.8, 4) is 5.75 Å². The fourth-order valence-electron chi connectivity index (χ4n) is 3.81. The standard InChI is InChI=1S/C28H39N5O5/c1-6-37-30-20-22-7-9-24(10-8-22)36-18-13-21(2)12-15-32-16-17-33(27(32)35)23-11-14-29-25(19-23)31-26(34)38-28(3,4)5/h7-11,14,19-21H,6,12-13,15-18H2,1-5H3,(H,29,31,34). The molecule has 0 saturated carbocycles. The van der Waals surface area contributed by atoms with Crippen LogP contribution in [0.15, 0.2) is 47.8 Å². The van der Waals surface area contributed by atoms with Gasteiger partial charge in [-0.25, -0.2) is 14.6 Å². The SMILES string of the molecule is CCON=Cc1ccc(OCCC(C)CCN2CCN(c3ccnc(NC(=O)OC(C)(C)C)c3)C2=O)cc1. The van der Waals surface area contributed by atoms with Gasteiger partial charge in [0.05, 0.1) is 18.5 Å². The van der Waals surface area contributed by atoms with Crippen LogP contribution in [0.25, 0.3) is 0 Å². The Kier molecular flexibility index (Phi) is 10.3. The van der Waals surface area contributed by atoms with Crippen molar-refractivity contribution in [2.45, 2.75) is 53.1 Å². The quantitative estimate of drug-likeness (QED) is 0.288. The van der Waals surface area contributed by atoms with Gasteiger partial charge in [-0.2, -0.15) is 0 Å². The summed E-state index contributed by atoms with van der Waals surface area (Å²) >= 11 is 0. The predicted octanol–water partition coefficient (Wildman–Crippen LogP) is 5.54. The summed E-state index contributed by atoms with van der Waals surface area (Å²) in [5.41, 5.74) is 1.03. The molecule has 38 heavy (non-hydrogen) atoms. The Morgan fingerprint density at radius 2 is 1.95 bits per heavy atom. The van der Waals surface area contributed by atoms with Crippen LogP contribution in [0.4, 0.5) is 21.1 Å². The number of ether oxygens (including phenoxy) is 2. The Morgan fingerprint density at radius 1 is 1.18 bits per heavy atom. The molecule has 1 unspecified atom stereocenters. The van der Waals surface area contributed by atoms with E-state index >= 15 is 0 Å². The molecule has 1 saturated heterocycles. The van der Waals surface area contributed by atoms with Crippen molar-refractivity contribution in [1.82, 2.24) is 9.88 Å². The van der Waals surface area contributed by atoms with Gasteiger partial charge in [0.15, 0.2) is 0 Å². The minimum absolute atomic E-state index is 0.0455. The maximum atomic E-state index is 13.0. The highest BCUT2D eigenvalue weighted by atomic mass is 16.6. The van der Waals surface area contributed by atoms with Gasteiger partial charge in [-0.15, -0.1) is 0 Å². The molecule has 10 nitrogen and oxygen atoms in total. The fraction of sp³-hybridized carbons (Fsp3) is 0.500. The van der Waals surface area contributed by atoms with E-state index in [1.807, 2.05) is 36.1 Å². The van der Waals surface area contributed by atoms with Gasteiger partial charge >= 0.3 is 12.1 Å². The molecule has 2 aromatic rings. The first-order chi connectivity index (χ1) is 18.1. The summed E-state index contributed by atoms with van der Waals surface area (Å²) in [6, 6.07) is 11.1. The van der Waals surface area contributed by atoms with E-state index in [1.54, 1.807) is 50.2 Å². The number of hydrogen-bond donors (Lipinski definition) is 1. The number of anilines is 2. The normalized spacial score (nSPS) is 14.6. The van der Waals surface area contributed by atoms with Crippen LogP contribution in [-0.4, -0.2) is 66.7 Å². The lowest BCUT2D eigenvalue weighted by atomic mass is 10.0. The summed E-state index contributed by atoms with van der Waals surface area (Å²) in [6.07, 6.45) is 4.44. The average molecular weight is 526 g/mol. The molecule has 1 aliphatic heterocycles. The number of nitrogens with one attached hydrogen (secondary N) is 1. The zero-order valence-corrected chi connectivity index (χ0v) is 23.0. The van der Waals surface area contributed by atoms with Gasteiger partial charge in [0.1, 0.15) is 23.8 Å². The second-order valence-corrected chi connectivity index (χ2v) is 10.2. The first kappa shape index (κ1) is 28.7. The second kappa shape index (κ2) is 13.6. The molecular formula is C28H39N5O5. The Balaban J connectivity index is 1.41. The van der Waals surface area contributed by atoms with E-state index in [2.05, 4.69) is 22.4 Å². The van der Waals surface area contributed by atoms with E-state index in [1.165, 1.54) is 0 Å². The molecule has 0 spiro atoms. The number of amides is 3. The van der Waals surface area contributed by atoms with Crippen molar-refractivity contribution < 1.29 is 23.9 Å². The highest BCUT2D eigenvalue weighted by Gasteiger charge is 2.30. The summed E-state index contributed by atoms with van der Waals surface area (Å²) in [7, 11) is 0. The smallest absolute Gasteiger partial charge is 0.413 e. The predicted molar refractivity (Wildman–Crippen MR) is 148 cm³/mol. The van der Waals surface area contributed by atoms with Crippen LogP contribution in [-0.2, 0) is 9.57 Å². The molecule has 3 rings (SSSR count). The first-order valence-corrected chi connectivity index (χ1v) is 13.1. The minimum atomic E-state index is -0.610. The monoisotopic (exact) mass is 525 g/mol. The number of carbonyl (C=O) groups excluding carboxylic acids is 2. The third kappa shape index (κ3) is 9.24. The van der Waals surface area contributed by atoms with Crippen molar-refractivity contribution in [2.24, 2.45) is 11.1 Å². The van der Waals surface area contributed by atoms with Gasteiger partial charge < -0.3 is 19.2 Å². The molecule has 2 heterocycles. The van der Waals surface area contributed by atoms with Gasteiger partial charge in [-0.05, 0) is 82.3 Å². The molecule has 1 aromatic carbocycles. The number of oxime groups is 1. The number of benzene rings is 1. The van der Waals surface area contributed by atoms with Crippen molar-refractivity contribution in [3.05, 3.63) is 48.2 Å². The summed E-state index contributed by atoms with van der Waals surface area (Å²) in [4.78, 5) is 37.8. The highest BCUT2D eigenvalue weighted by Crippen LogP contribution is 2.23. The lowest BCUT2D eigenvalue weighted by molar-refractivity contribution is 0.0635. The van der Waals surface area contributed by atoms with E-state index < -0.39 is 11.7 Å². The van der Waals surface area contributed by atoms with Crippen LogP contribution in [0.1, 0.15) is 53.0 Å². The van der Waals surface area contributed by atoms with Gasteiger partial charge in [0, 0.05) is 31.9 Å². The van der Waals surface area contributed by atoms with Crippen molar-refractivity contribution in [2.75, 3.05) is 43.1 Å². The van der Waals surface area contributed by atoms with Crippen LogP contribution in [0, 0.1) is 5.92 Å². The molecule has 0 radical (unpaired) electrons. The minimum Gasteiger partial charge on any atom is -0.494 e. The van der Waals surface area contributed by atoms with Crippen molar-refractivity contribution >= 4 is 29.8 Å². The Bertz CT molecular complexity index is 1080. The molecule has 1 aromatic heterocycles. The Hall–Kier alpha value is -3.82. The van der Waals surface area contributed by atoms with E-state index in [-0.39, 0.29) is 6.03 Å². The van der Waals surface area contributed by atoms with Gasteiger partial charge in [0.2, 0.25) is 0 Å². The van der Waals surface area contributed by atoms with Crippen LogP contribution in [0.3, 0.4) is 0 Å². The number of carbonyl (C=O) groups is 2. The zero-order valence-electron chi connectivity index (χ0n) is 23.0. The Labute approximate surface area is 224 Å². The molecule has 1 fully saturated rings. The number of pyridine rings is 1. The Morgan fingerprint density at radius 3 is 2.66 bits per heavy atom. The molecule has 3 amide bonds. The summed E-state index contributed by atoms with van der Waals surface area (Å²) in [6.45, 7) is 12.5. The topological polar surface area (TPSA) is 106 Å². The molecule has 206 valence electrons. The van der Waals surface area contributed by atoms with Crippen LogP contribution in [0.2, 0.25) is 0 Å². The van der Waals surface area contributed by atoms with Gasteiger partial charge in [-0.3, -0.25) is 10.2 Å². The van der Waals surface area contributed by atoms with Gasteiger partial charge in [-0.1, -0.05) is 12.1 Å². The van der Waals surface area contributed by atoms with E-state index in [9.17, 15) is 9.59 Å². The fourth-order valence-corrected chi connectivity index (χ4v) is 3.81. The number of nitrogens with zero attached hydrogens (tertiary/aromatic N) is 4. The van der Waals surface area contributed by atoms with Crippen LogP contribution in [0.5, 0.6) is 5.75 Å². The lowest BCUT2D eigenvalue weighted by Gasteiger charge is -2.21. The molecule has 0 aliphatic carbocycles. The lowest BCUT2D eigenvalue weighted by Crippen LogP contribution is -2.33. The van der Waals surface area contributed by atoms with Crippen LogP contribution < -0.4 is 15.0 Å². The van der Waals surface area contributed by atoms with E-state index in [0.717, 1.165) is 24.2 Å². The second-order valence-electron chi connectivity index (χ2n) is 10.2. The number of aromatic nitrogens is 1. The molecule has 1 atom stereocenters. The first-order valence-electron chi connectivity index (χ1n) is 13.1.